The van der Waals surface area contributed by atoms with Crippen LogP contribution in [0.3, 0.4) is 0 Å². The minimum atomic E-state index is -0.582. The quantitative estimate of drug-likeness (QED) is 0.871. The van der Waals surface area contributed by atoms with E-state index in [0.29, 0.717) is 35.2 Å². The molecule has 1 heterocycles. The number of rotatable bonds is 3. The summed E-state index contributed by atoms with van der Waals surface area (Å²) in [6, 6.07) is 8.58. The third-order valence-corrected chi connectivity index (χ3v) is 3.90. The molecule has 0 aromatic heterocycles. The van der Waals surface area contributed by atoms with E-state index >= 15 is 0 Å². The van der Waals surface area contributed by atoms with Gasteiger partial charge in [0.15, 0.2) is 0 Å². The Morgan fingerprint density at radius 1 is 1.14 bits per heavy atom. The van der Waals surface area contributed by atoms with Gasteiger partial charge in [-0.25, -0.2) is 8.78 Å². The maximum absolute atomic E-state index is 13.3. The zero-order valence-electron chi connectivity index (χ0n) is 11.7. The van der Waals surface area contributed by atoms with Crippen molar-refractivity contribution in [3.8, 4) is 5.75 Å². The molecule has 1 aliphatic heterocycles. The Morgan fingerprint density at radius 2 is 1.86 bits per heavy atom. The van der Waals surface area contributed by atoms with Crippen LogP contribution < -0.4 is 15.4 Å². The molecule has 1 fully saturated rings. The molecule has 22 heavy (non-hydrogen) atoms. The summed E-state index contributed by atoms with van der Waals surface area (Å²) in [6.45, 7) is 1.21. The molecular weight excluding hydrogens is 310 g/mol. The Balaban J connectivity index is 1.69. The van der Waals surface area contributed by atoms with Gasteiger partial charge in [0, 0.05) is 30.4 Å². The lowest BCUT2D eigenvalue weighted by Gasteiger charge is -2.19. The smallest absolute Gasteiger partial charge is 0.138 e. The summed E-state index contributed by atoms with van der Waals surface area (Å²) in [5.41, 5.74) is 6.73. The minimum absolute atomic E-state index is 0.0903. The average Bonchev–Trinajstić information content (AvgIpc) is 2.89. The van der Waals surface area contributed by atoms with Crippen LogP contribution in [-0.2, 0) is 0 Å². The normalized spacial score (nSPS) is 17.8. The largest absolute Gasteiger partial charge is 0.487 e. The molecule has 6 heteroatoms. The second-order valence-electron chi connectivity index (χ2n) is 5.29. The van der Waals surface area contributed by atoms with Crippen LogP contribution in [0.25, 0.3) is 0 Å². The number of nitrogen functional groups attached to an aromatic ring is 1. The Hall–Kier alpha value is -2.01. The van der Waals surface area contributed by atoms with E-state index in [4.69, 9.17) is 22.1 Å². The van der Waals surface area contributed by atoms with Crippen molar-refractivity contribution in [3.63, 3.8) is 0 Å². The van der Waals surface area contributed by atoms with Crippen LogP contribution in [0.1, 0.15) is 6.42 Å². The van der Waals surface area contributed by atoms with Gasteiger partial charge in [-0.2, -0.15) is 0 Å². The van der Waals surface area contributed by atoms with Crippen molar-refractivity contribution in [1.82, 2.24) is 0 Å². The zero-order chi connectivity index (χ0) is 15.7. The standard InChI is InChI=1S/C16H15ClF2N2O/c17-15-8-12(20)1-2-16(15)22-14-3-4-21(9-14)13-6-10(18)5-11(19)7-13/h1-2,5-8,14H,3-4,9,20H2. The number of hydrogen-bond donors (Lipinski definition) is 1. The molecule has 2 aromatic carbocycles. The molecule has 1 saturated heterocycles. The molecule has 3 rings (SSSR count). The van der Waals surface area contributed by atoms with Crippen LogP contribution in [-0.4, -0.2) is 19.2 Å². The summed E-state index contributed by atoms with van der Waals surface area (Å²) in [5.74, 6) is -0.602. The van der Waals surface area contributed by atoms with Crippen LogP contribution in [0, 0.1) is 11.6 Å². The Morgan fingerprint density at radius 3 is 2.55 bits per heavy atom. The van der Waals surface area contributed by atoms with E-state index in [1.54, 1.807) is 18.2 Å². The zero-order valence-corrected chi connectivity index (χ0v) is 12.5. The fourth-order valence-corrected chi connectivity index (χ4v) is 2.81. The molecule has 3 nitrogen and oxygen atoms in total. The molecule has 2 N–H and O–H groups in total. The molecule has 0 radical (unpaired) electrons. The van der Waals surface area contributed by atoms with Gasteiger partial charge in [-0.05, 0) is 30.3 Å². The second-order valence-corrected chi connectivity index (χ2v) is 5.70. The van der Waals surface area contributed by atoms with Gasteiger partial charge >= 0.3 is 0 Å². The Kier molecular flexibility index (Phi) is 4.07. The van der Waals surface area contributed by atoms with E-state index in [9.17, 15) is 8.78 Å². The third kappa shape index (κ3) is 3.25. The van der Waals surface area contributed by atoms with E-state index in [0.717, 1.165) is 12.5 Å². The lowest BCUT2D eigenvalue weighted by molar-refractivity contribution is 0.225. The van der Waals surface area contributed by atoms with Crippen LogP contribution >= 0.6 is 11.6 Å². The van der Waals surface area contributed by atoms with E-state index < -0.39 is 11.6 Å². The first kappa shape index (κ1) is 14.9. The van der Waals surface area contributed by atoms with Crippen molar-refractivity contribution >= 4 is 23.0 Å². The summed E-state index contributed by atoms with van der Waals surface area (Å²) in [7, 11) is 0. The van der Waals surface area contributed by atoms with E-state index in [1.165, 1.54) is 12.1 Å². The number of nitrogens with zero attached hydrogens (tertiary/aromatic N) is 1. The summed E-state index contributed by atoms with van der Waals surface area (Å²) in [6.07, 6.45) is 0.659. The highest BCUT2D eigenvalue weighted by molar-refractivity contribution is 6.32. The van der Waals surface area contributed by atoms with Gasteiger partial charge in [-0.15, -0.1) is 0 Å². The molecule has 0 bridgehead atoms. The van der Waals surface area contributed by atoms with Gasteiger partial charge in [0.1, 0.15) is 23.5 Å². The highest BCUT2D eigenvalue weighted by Crippen LogP contribution is 2.30. The van der Waals surface area contributed by atoms with Crippen LogP contribution in [0.5, 0.6) is 5.75 Å². The first-order valence-electron chi connectivity index (χ1n) is 6.94. The predicted octanol–water partition coefficient (Wildman–Crippen LogP) is 3.86. The highest BCUT2D eigenvalue weighted by Gasteiger charge is 2.25. The van der Waals surface area contributed by atoms with Gasteiger partial charge in [-0.3, -0.25) is 0 Å². The first-order valence-corrected chi connectivity index (χ1v) is 7.32. The molecule has 2 aromatic rings. The van der Waals surface area contributed by atoms with Gasteiger partial charge in [0.05, 0.1) is 11.6 Å². The summed E-state index contributed by atoms with van der Waals surface area (Å²) < 4.78 is 32.4. The van der Waals surface area contributed by atoms with Gasteiger partial charge in [-0.1, -0.05) is 11.6 Å². The number of nitrogens with two attached hydrogens (primary N) is 1. The number of halogens is 3. The summed E-state index contributed by atoms with van der Waals surface area (Å²) in [4.78, 5) is 1.89. The van der Waals surface area contributed by atoms with Crippen LogP contribution in [0.4, 0.5) is 20.2 Å². The van der Waals surface area contributed by atoms with Crippen molar-refractivity contribution in [2.45, 2.75) is 12.5 Å². The molecule has 0 amide bonds. The molecule has 116 valence electrons. The topological polar surface area (TPSA) is 38.5 Å². The molecule has 0 spiro atoms. The Labute approximate surface area is 132 Å². The molecule has 1 aliphatic rings. The molecule has 0 aliphatic carbocycles. The summed E-state index contributed by atoms with van der Waals surface area (Å²) >= 11 is 6.09. The predicted molar refractivity (Wildman–Crippen MR) is 83.5 cm³/mol. The summed E-state index contributed by atoms with van der Waals surface area (Å²) in [5, 5.41) is 0.454. The molecular formula is C16H15ClF2N2O. The average molecular weight is 325 g/mol. The van der Waals surface area contributed by atoms with Gasteiger partial charge in [0.2, 0.25) is 0 Å². The molecule has 1 unspecified atom stereocenters. The highest BCUT2D eigenvalue weighted by atomic mass is 35.5. The maximum Gasteiger partial charge on any atom is 0.138 e. The van der Waals surface area contributed by atoms with Gasteiger partial charge in [0.25, 0.3) is 0 Å². The number of ether oxygens (including phenoxy) is 1. The van der Waals surface area contributed by atoms with Crippen molar-refractivity contribution in [1.29, 1.82) is 0 Å². The van der Waals surface area contributed by atoms with Crippen molar-refractivity contribution in [2.75, 3.05) is 23.7 Å². The van der Waals surface area contributed by atoms with E-state index in [2.05, 4.69) is 0 Å². The molecule has 1 atom stereocenters. The van der Waals surface area contributed by atoms with Gasteiger partial charge < -0.3 is 15.4 Å². The fourth-order valence-electron chi connectivity index (χ4n) is 2.57. The number of anilines is 2. The minimum Gasteiger partial charge on any atom is -0.487 e. The van der Waals surface area contributed by atoms with Crippen molar-refractivity contribution in [2.24, 2.45) is 0 Å². The first-order chi connectivity index (χ1) is 10.5. The monoisotopic (exact) mass is 324 g/mol. The van der Waals surface area contributed by atoms with Crippen LogP contribution in [0.2, 0.25) is 5.02 Å². The fraction of sp³-hybridized carbons (Fsp3) is 0.250. The van der Waals surface area contributed by atoms with E-state index in [1.807, 2.05) is 4.90 Å². The third-order valence-electron chi connectivity index (χ3n) is 3.61. The number of hydrogen-bond acceptors (Lipinski definition) is 3. The Bertz CT molecular complexity index is 676. The van der Waals surface area contributed by atoms with E-state index in [-0.39, 0.29) is 6.10 Å². The van der Waals surface area contributed by atoms with Crippen molar-refractivity contribution in [3.05, 3.63) is 53.1 Å². The SMILES string of the molecule is Nc1ccc(OC2CCN(c3cc(F)cc(F)c3)C2)c(Cl)c1. The lowest BCUT2D eigenvalue weighted by Crippen LogP contribution is -2.24. The second kappa shape index (κ2) is 6.01. The van der Waals surface area contributed by atoms with Crippen molar-refractivity contribution < 1.29 is 13.5 Å². The maximum atomic E-state index is 13.3. The molecule has 0 saturated carbocycles. The van der Waals surface area contributed by atoms with Crippen LogP contribution in [0.15, 0.2) is 36.4 Å². The lowest BCUT2D eigenvalue weighted by atomic mass is 10.2. The number of benzene rings is 2.